The number of hydrogen-bond donors (Lipinski definition) is 2. The minimum Gasteiger partial charge on any atom is -0.468 e. The van der Waals surface area contributed by atoms with Crippen molar-refractivity contribution in [2.24, 2.45) is 0 Å². The largest absolute Gasteiger partial charge is 0.468 e. The highest BCUT2D eigenvalue weighted by Gasteiger charge is 2.35. The van der Waals surface area contributed by atoms with Gasteiger partial charge in [0.2, 0.25) is 0 Å². The maximum absolute atomic E-state index is 13.3. The molecule has 0 bridgehead atoms. The van der Waals surface area contributed by atoms with Crippen LogP contribution in [0.15, 0.2) is 52.2 Å². The molecule has 2 heterocycles. The standard InChI is InChI=1S/C19H24N3O8P/c1-13(18(24)27-2)21-31(26,30-14-6-4-3-5-7-14)28-12-15-8-9-17(29-15)22-11-10-16(23)20-19(22)25/h3-7,10-11,13,15,17H,8-9,12H2,1-2H3,(H,21,26)(H,20,23,25)/t13-,15-,17+,31?/m0/s1. The zero-order valence-corrected chi connectivity index (χ0v) is 17.9. The quantitative estimate of drug-likeness (QED) is 0.428. The number of nitrogens with one attached hydrogen (secondary N) is 2. The van der Waals surface area contributed by atoms with Crippen molar-refractivity contribution in [3.63, 3.8) is 0 Å². The van der Waals surface area contributed by atoms with Crippen LogP contribution in [-0.4, -0.2) is 41.4 Å². The zero-order valence-electron chi connectivity index (χ0n) is 17.1. The summed E-state index contributed by atoms with van der Waals surface area (Å²) in [4.78, 5) is 37.1. The zero-order chi connectivity index (χ0) is 22.4. The number of hydrogen-bond acceptors (Lipinski definition) is 8. The topological polar surface area (TPSA) is 138 Å². The van der Waals surface area contributed by atoms with Crippen molar-refractivity contribution in [1.29, 1.82) is 0 Å². The molecule has 4 atom stereocenters. The number of aromatic nitrogens is 2. The molecule has 0 aliphatic carbocycles. The van der Waals surface area contributed by atoms with E-state index in [9.17, 15) is 18.9 Å². The molecule has 2 aromatic rings. The highest BCUT2D eigenvalue weighted by atomic mass is 31.2. The van der Waals surface area contributed by atoms with Crippen LogP contribution in [0.3, 0.4) is 0 Å². The number of para-hydroxylation sites is 1. The Morgan fingerprint density at radius 2 is 2.03 bits per heavy atom. The third kappa shape index (κ3) is 6.14. The van der Waals surface area contributed by atoms with Gasteiger partial charge in [-0.15, -0.1) is 0 Å². The fourth-order valence-corrected chi connectivity index (χ4v) is 4.55. The Balaban J connectivity index is 1.67. The Kier molecular flexibility index (Phi) is 7.45. The van der Waals surface area contributed by atoms with Crippen molar-refractivity contribution < 1.29 is 27.9 Å². The first-order valence-electron chi connectivity index (χ1n) is 9.61. The summed E-state index contributed by atoms with van der Waals surface area (Å²) < 4.78 is 36.1. The number of carbonyl (C=O) groups excluding carboxylic acids is 1. The number of rotatable bonds is 9. The lowest BCUT2D eigenvalue weighted by molar-refractivity contribution is -0.142. The molecule has 1 unspecified atom stereocenters. The van der Waals surface area contributed by atoms with Gasteiger partial charge >= 0.3 is 19.4 Å². The first-order chi connectivity index (χ1) is 14.8. The summed E-state index contributed by atoms with van der Waals surface area (Å²) in [6.07, 6.45) is 1.31. The van der Waals surface area contributed by atoms with E-state index >= 15 is 0 Å². The molecule has 31 heavy (non-hydrogen) atoms. The highest BCUT2D eigenvalue weighted by Crippen LogP contribution is 2.45. The third-order valence-electron chi connectivity index (χ3n) is 4.55. The number of ether oxygens (including phenoxy) is 2. The normalized spacial score (nSPS) is 21.2. The van der Waals surface area contributed by atoms with E-state index in [1.54, 1.807) is 30.3 Å². The summed E-state index contributed by atoms with van der Waals surface area (Å²) in [7, 11) is -2.75. The molecular formula is C19H24N3O8P. The molecule has 1 saturated heterocycles. The van der Waals surface area contributed by atoms with Crippen LogP contribution < -0.4 is 20.9 Å². The van der Waals surface area contributed by atoms with Crippen molar-refractivity contribution in [2.45, 2.75) is 38.1 Å². The van der Waals surface area contributed by atoms with Crippen molar-refractivity contribution in [1.82, 2.24) is 14.6 Å². The van der Waals surface area contributed by atoms with Gasteiger partial charge in [-0.3, -0.25) is 23.7 Å². The number of H-pyrrole nitrogens is 1. The van der Waals surface area contributed by atoms with Crippen LogP contribution in [0.25, 0.3) is 0 Å². The number of nitrogens with zero attached hydrogens (tertiary/aromatic N) is 1. The average molecular weight is 453 g/mol. The maximum atomic E-state index is 13.3. The Bertz CT molecular complexity index is 1050. The number of methoxy groups -OCH3 is 1. The predicted octanol–water partition coefficient (Wildman–Crippen LogP) is 1.57. The number of esters is 1. The molecular weight excluding hydrogens is 429 g/mol. The van der Waals surface area contributed by atoms with Gasteiger partial charge in [0.1, 0.15) is 18.0 Å². The van der Waals surface area contributed by atoms with Gasteiger partial charge in [0.25, 0.3) is 5.56 Å². The van der Waals surface area contributed by atoms with Crippen molar-refractivity contribution in [2.75, 3.05) is 13.7 Å². The molecule has 1 fully saturated rings. The molecule has 0 radical (unpaired) electrons. The van der Waals surface area contributed by atoms with Gasteiger partial charge in [-0.2, -0.15) is 5.09 Å². The molecule has 11 nitrogen and oxygen atoms in total. The average Bonchev–Trinajstić information content (AvgIpc) is 3.21. The SMILES string of the molecule is COC(=O)[C@H](C)NP(=O)(OC[C@@H]1CC[C@H](n2ccc(=O)[nH]c2=O)O1)Oc1ccccc1. The van der Waals surface area contributed by atoms with E-state index < -0.39 is 43.3 Å². The molecule has 1 aliphatic rings. The summed E-state index contributed by atoms with van der Waals surface area (Å²) in [6.45, 7) is 1.36. The lowest BCUT2D eigenvalue weighted by Gasteiger charge is -2.24. The lowest BCUT2D eigenvalue weighted by atomic mass is 10.2. The van der Waals surface area contributed by atoms with Crippen LogP contribution in [-0.2, 0) is 23.4 Å². The van der Waals surface area contributed by atoms with E-state index in [1.165, 1.54) is 30.9 Å². The summed E-state index contributed by atoms with van der Waals surface area (Å²) in [5.74, 6) is -0.337. The summed E-state index contributed by atoms with van der Waals surface area (Å²) in [5, 5.41) is 2.56. The molecule has 3 rings (SSSR count). The van der Waals surface area contributed by atoms with Gasteiger partial charge in [-0.25, -0.2) is 9.36 Å². The van der Waals surface area contributed by atoms with Gasteiger partial charge < -0.3 is 14.0 Å². The van der Waals surface area contributed by atoms with E-state index in [-0.39, 0.29) is 6.61 Å². The fraction of sp³-hybridized carbons (Fsp3) is 0.421. The highest BCUT2D eigenvalue weighted by molar-refractivity contribution is 7.52. The summed E-state index contributed by atoms with van der Waals surface area (Å²) >= 11 is 0. The Hall–Kier alpha value is -2.72. The Morgan fingerprint density at radius 3 is 2.71 bits per heavy atom. The van der Waals surface area contributed by atoms with Crippen molar-refractivity contribution in [3.05, 3.63) is 63.4 Å². The molecule has 1 aliphatic heterocycles. The smallest absolute Gasteiger partial charge is 0.459 e. The van der Waals surface area contributed by atoms with Crippen LogP contribution in [0.5, 0.6) is 5.75 Å². The minimum absolute atomic E-state index is 0.112. The monoisotopic (exact) mass is 453 g/mol. The first-order valence-corrected chi connectivity index (χ1v) is 11.2. The predicted molar refractivity (Wildman–Crippen MR) is 110 cm³/mol. The molecule has 0 spiro atoms. The molecule has 2 N–H and O–H groups in total. The van der Waals surface area contributed by atoms with E-state index in [1.807, 2.05) is 0 Å². The molecule has 0 saturated carbocycles. The van der Waals surface area contributed by atoms with Crippen LogP contribution in [0.2, 0.25) is 0 Å². The van der Waals surface area contributed by atoms with Crippen LogP contribution in [0.4, 0.5) is 0 Å². The Morgan fingerprint density at radius 1 is 1.29 bits per heavy atom. The summed E-state index contributed by atoms with van der Waals surface area (Å²) in [5.41, 5.74) is -1.07. The van der Waals surface area contributed by atoms with Crippen molar-refractivity contribution in [3.8, 4) is 5.75 Å². The Labute approximate surface area is 177 Å². The molecule has 1 aromatic carbocycles. The summed E-state index contributed by atoms with van der Waals surface area (Å²) in [6, 6.07) is 8.67. The molecule has 1 aromatic heterocycles. The van der Waals surface area contributed by atoms with Crippen LogP contribution >= 0.6 is 7.75 Å². The van der Waals surface area contributed by atoms with E-state index in [4.69, 9.17) is 13.8 Å². The number of aromatic amines is 1. The van der Waals surface area contributed by atoms with Gasteiger partial charge in [-0.05, 0) is 31.9 Å². The van der Waals surface area contributed by atoms with Crippen LogP contribution in [0.1, 0.15) is 26.0 Å². The van der Waals surface area contributed by atoms with E-state index in [0.29, 0.717) is 18.6 Å². The fourth-order valence-electron chi connectivity index (χ4n) is 3.03. The number of carbonyl (C=O) groups is 1. The van der Waals surface area contributed by atoms with E-state index in [2.05, 4.69) is 14.8 Å². The van der Waals surface area contributed by atoms with Crippen LogP contribution in [0, 0.1) is 0 Å². The minimum atomic E-state index is -3.97. The lowest BCUT2D eigenvalue weighted by Crippen LogP contribution is -2.35. The van der Waals surface area contributed by atoms with Crippen molar-refractivity contribution >= 4 is 13.7 Å². The second-order valence-corrected chi connectivity index (χ2v) is 8.57. The van der Waals surface area contributed by atoms with Gasteiger partial charge in [0.05, 0.1) is 19.8 Å². The second-order valence-electron chi connectivity index (χ2n) is 6.88. The maximum Gasteiger partial charge on any atom is 0.459 e. The molecule has 168 valence electrons. The molecule has 12 heteroatoms. The van der Waals surface area contributed by atoms with Gasteiger partial charge in [0.15, 0.2) is 0 Å². The van der Waals surface area contributed by atoms with Gasteiger partial charge in [0, 0.05) is 12.3 Å². The van der Waals surface area contributed by atoms with Gasteiger partial charge in [-0.1, -0.05) is 18.2 Å². The second kappa shape index (κ2) is 10.1. The third-order valence-corrected chi connectivity index (χ3v) is 6.20. The first kappa shape index (κ1) is 23.0. The number of benzene rings is 1. The molecule has 0 amide bonds. The van der Waals surface area contributed by atoms with E-state index in [0.717, 1.165) is 0 Å².